The zero-order valence-corrected chi connectivity index (χ0v) is 11.9. The Labute approximate surface area is 120 Å². The van der Waals surface area contributed by atoms with Crippen molar-refractivity contribution in [2.24, 2.45) is 11.7 Å². The molecule has 110 valence electrons. The van der Waals surface area contributed by atoms with E-state index in [-0.39, 0.29) is 11.7 Å². The lowest BCUT2D eigenvalue weighted by atomic mass is 9.91. The normalized spacial score (nSPS) is 19.1. The fourth-order valence-electron chi connectivity index (χ4n) is 2.83. The van der Waals surface area contributed by atoms with Gasteiger partial charge in [0.05, 0.1) is 0 Å². The molecular formula is C16H23FN2O. The molecule has 1 aromatic rings. The van der Waals surface area contributed by atoms with E-state index in [9.17, 15) is 9.18 Å². The third kappa shape index (κ3) is 4.30. The molecule has 1 saturated heterocycles. The number of halogens is 1. The summed E-state index contributed by atoms with van der Waals surface area (Å²) in [7, 11) is 0. The van der Waals surface area contributed by atoms with Crippen LogP contribution in [-0.2, 0) is 11.2 Å². The van der Waals surface area contributed by atoms with Gasteiger partial charge in [-0.3, -0.25) is 4.79 Å². The number of nitrogens with zero attached hydrogens (tertiary/aromatic N) is 1. The second-order valence-corrected chi connectivity index (χ2v) is 5.55. The van der Waals surface area contributed by atoms with Gasteiger partial charge in [-0.2, -0.15) is 0 Å². The average Bonchev–Trinajstić information content (AvgIpc) is 2.47. The minimum atomic E-state index is -0.190. The van der Waals surface area contributed by atoms with Gasteiger partial charge in [0.25, 0.3) is 0 Å². The fourth-order valence-corrected chi connectivity index (χ4v) is 2.83. The van der Waals surface area contributed by atoms with Crippen molar-refractivity contribution in [2.75, 3.05) is 19.6 Å². The second-order valence-electron chi connectivity index (χ2n) is 5.55. The van der Waals surface area contributed by atoms with Gasteiger partial charge in [-0.15, -0.1) is 0 Å². The van der Waals surface area contributed by atoms with Crippen LogP contribution in [0.15, 0.2) is 24.3 Å². The van der Waals surface area contributed by atoms with Gasteiger partial charge in [-0.25, -0.2) is 4.39 Å². The first-order valence-corrected chi connectivity index (χ1v) is 7.41. The molecule has 2 rings (SSSR count). The smallest absolute Gasteiger partial charge is 0.223 e. The van der Waals surface area contributed by atoms with Crippen molar-refractivity contribution in [2.45, 2.75) is 32.1 Å². The minimum Gasteiger partial charge on any atom is -0.342 e. The molecule has 1 atom stereocenters. The van der Waals surface area contributed by atoms with Crippen molar-refractivity contribution in [1.29, 1.82) is 0 Å². The van der Waals surface area contributed by atoms with Crippen LogP contribution < -0.4 is 5.73 Å². The third-order valence-electron chi connectivity index (χ3n) is 3.98. The summed E-state index contributed by atoms with van der Waals surface area (Å²) in [6.45, 7) is 2.14. The maximum Gasteiger partial charge on any atom is 0.223 e. The van der Waals surface area contributed by atoms with Gasteiger partial charge in [0.15, 0.2) is 0 Å². The van der Waals surface area contributed by atoms with Gasteiger partial charge in [0.1, 0.15) is 5.82 Å². The van der Waals surface area contributed by atoms with Crippen molar-refractivity contribution >= 4 is 5.91 Å². The number of rotatable bonds is 5. The van der Waals surface area contributed by atoms with Crippen LogP contribution in [-0.4, -0.2) is 30.4 Å². The molecule has 1 heterocycles. The summed E-state index contributed by atoms with van der Waals surface area (Å²) < 4.78 is 12.8. The zero-order chi connectivity index (χ0) is 14.4. The monoisotopic (exact) mass is 278 g/mol. The molecule has 1 aliphatic heterocycles. The molecule has 1 aliphatic rings. The van der Waals surface area contributed by atoms with Crippen molar-refractivity contribution in [3.63, 3.8) is 0 Å². The molecule has 0 bridgehead atoms. The first kappa shape index (κ1) is 15.0. The third-order valence-corrected chi connectivity index (χ3v) is 3.98. The van der Waals surface area contributed by atoms with E-state index in [1.807, 2.05) is 17.0 Å². The van der Waals surface area contributed by atoms with E-state index in [1.165, 1.54) is 18.6 Å². The Morgan fingerprint density at radius 2 is 2.10 bits per heavy atom. The topological polar surface area (TPSA) is 46.3 Å². The van der Waals surface area contributed by atoms with Crippen molar-refractivity contribution in [3.05, 3.63) is 35.6 Å². The van der Waals surface area contributed by atoms with E-state index < -0.39 is 0 Å². The Balaban J connectivity index is 1.80. The molecule has 0 aliphatic carbocycles. The lowest BCUT2D eigenvalue weighted by Gasteiger charge is -2.33. The van der Waals surface area contributed by atoms with Crippen LogP contribution in [0, 0.1) is 11.7 Å². The summed E-state index contributed by atoms with van der Waals surface area (Å²) in [5.74, 6) is 0.541. The summed E-state index contributed by atoms with van der Waals surface area (Å²) in [6.07, 6.45) is 4.70. The Morgan fingerprint density at radius 1 is 1.35 bits per heavy atom. The molecular weight excluding hydrogens is 255 g/mol. The molecule has 4 heteroatoms. The number of hydrogen-bond acceptors (Lipinski definition) is 2. The quantitative estimate of drug-likeness (QED) is 0.898. The van der Waals surface area contributed by atoms with E-state index in [0.717, 1.165) is 37.9 Å². The highest BCUT2D eigenvalue weighted by Gasteiger charge is 2.22. The average molecular weight is 278 g/mol. The van der Waals surface area contributed by atoms with E-state index in [2.05, 4.69) is 0 Å². The zero-order valence-electron chi connectivity index (χ0n) is 11.9. The summed E-state index contributed by atoms with van der Waals surface area (Å²) in [5.41, 5.74) is 6.60. The minimum absolute atomic E-state index is 0.180. The van der Waals surface area contributed by atoms with Crippen LogP contribution in [0.25, 0.3) is 0 Å². The maximum atomic E-state index is 12.8. The molecule has 3 nitrogen and oxygen atoms in total. The largest absolute Gasteiger partial charge is 0.342 e. The van der Waals surface area contributed by atoms with Crippen LogP contribution in [0.5, 0.6) is 0 Å². The van der Waals surface area contributed by atoms with Crippen LogP contribution in [0.3, 0.4) is 0 Å². The fraction of sp³-hybridized carbons (Fsp3) is 0.562. The summed E-state index contributed by atoms with van der Waals surface area (Å²) in [4.78, 5) is 13.8. The molecule has 0 spiro atoms. The number of carbonyl (C=O) groups excluding carboxylic acids is 1. The SMILES string of the molecule is NCCC(=O)N1CCC[C@@H](CCc2ccc(F)cc2)C1. The highest BCUT2D eigenvalue weighted by molar-refractivity contribution is 5.76. The maximum absolute atomic E-state index is 12.8. The van der Waals surface area contributed by atoms with Crippen molar-refractivity contribution in [3.8, 4) is 0 Å². The molecule has 1 aromatic carbocycles. The number of nitrogens with two attached hydrogens (primary N) is 1. The van der Waals surface area contributed by atoms with Gasteiger partial charge >= 0.3 is 0 Å². The molecule has 0 unspecified atom stereocenters. The number of likely N-dealkylation sites (tertiary alicyclic amines) is 1. The first-order chi connectivity index (χ1) is 9.69. The Bertz CT molecular complexity index is 433. The Morgan fingerprint density at radius 3 is 2.80 bits per heavy atom. The highest BCUT2D eigenvalue weighted by Crippen LogP contribution is 2.22. The standard InChI is InChI=1S/C16H23FN2O/c17-15-7-5-13(6-8-15)3-4-14-2-1-11-19(12-14)16(20)9-10-18/h5-8,14H,1-4,9-12,18H2/t14-/m0/s1. The van der Waals surface area contributed by atoms with E-state index in [0.29, 0.717) is 18.9 Å². The molecule has 20 heavy (non-hydrogen) atoms. The molecule has 1 fully saturated rings. The van der Waals surface area contributed by atoms with Gasteiger partial charge in [0, 0.05) is 26.1 Å². The van der Waals surface area contributed by atoms with E-state index in [1.54, 1.807) is 0 Å². The van der Waals surface area contributed by atoms with Gasteiger partial charge < -0.3 is 10.6 Å². The molecule has 0 saturated carbocycles. The Kier molecular flexibility index (Phi) is 5.53. The predicted molar refractivity (Wildman–Crippen MR) is 77.7 cm³/mol. The highest BCUT2D eigenvalue weighted by atomic mass is 19.1. The van der Waals surface area contributed by atoms with Crippen LogP contribution in [0.2, 0.25) is 0 Å². The number of hydrogen-bond donors (Lipinski definition) is 1. The van der Waals surface area contributed by atoms with Crippen LogP contribution in [0.1, 0.15) is 31.2 Å². The molecule has 0 aromatic heterocycles. The molecule has 0 radical (unpaired) electrons. The van der Waals surface area contributed by atoms with Crippen molar-refractivity contribution in [1.82, 2.24) is 4.90 Å². The van der Waals surface area contributed by atoms with E-state index >= 15 is 0 Å². The second kappa shape index (κ2) is 7.39. The first-order valence-electron chi connectivity index (χ1n) is 7.41. The number of aryl methyl sites for hydroxylation is 1. The lowest BCUT2D eigenvalue weighted by Crippen LogP contribution is -2.40. The lowest BCUT2D eigenvalue weighted by molar-refractivity contribution is -0.132. The van der Waals surface area contributed by atoms with Gasteiger partial charge in [0.2, 0.25) is 5.91 Å². The Hall–Kier alpha value is -1.42. The van der Waals surface area contributed by atoms with Crippen molar-refractivity contribution < 1.29 is 9.18 Å². The number of piperidine rings is 1. The summed E-state index contributed by atoms with van der Waals surface area (Å²) in [6, 6.07) is 6.70. The predicted octanol–water partition coefficient (Wildman–Crippen LogP) is 2.35. The number of amides is 1. The number of carbonyl (C=O) groups is 1. The van der Waals surface area contributed by atoms with Crippen LogP contribution >= 0.6 is 0 Å². The molecule has 1 amide bonds. The number of benzene rings is 1. The molecule has 2 N–H and O–H groups in total. The van der Waals surface area contributed by atoms with Gasteiger partial charge in [-0.1, -0.05) is 12.1 Å². The van der Waals surface area contributed by atoms with E-state index in [4.69, 9.17) is 5.73 Å². The van der Waals surface area contributed by atoms with Gasteiger partial charge in [-0.05, 0) is 49.3 Å². The summed E-state index contributed by atoms with van der Waals surface area (Å²) >= 11 is 0. The van der Waals surface area contributed by atoms with Crippen LogP contribution in [0.4, 0.5) is 4.39 Å². The summed E-state index contributed by atoms with van der Waals surface area (Å²) in [5, 5.41) is 0.